The molecule has 1 aromatic rings. The molecule has 1 saturated heterocycles. The highest BCUT2D eigenvalue weighted by Gasteiger charge is 2.29. The summed E-state index contributed by atoms with van der Waals surface area (Å²) in [6.07, 6.45) is 1.11. The van der Waals surface area contributed by atoms with Gasteiger partial charge in [0.25, 0.3) is 0 Å². The number of nitrogens with two attached hydrogens (primary N) is 1. The van der Waals surface area contributed by atoms with Gasteiger partial charge < -0.3 is 25.8 Å². The Morgan fingerprint density at radius 1 is 1.31 bits per heavy atom. The van der Waals surface area contributed by atoms with E-state index in [0.717, 1.165) is 12.0 Å². The van der Waals surface area contributed by atoms with Gasteiger partial charge in [0.2, 0.25) is 5.91 Å². The second-order valence-corrected chi connectivity index (χ2v) is 7.40. The van der Waals surface area contributed by atoms with Gasteiger partial charge in [-0.2, -0.15) is 5.48 Å². The number of hydrogen-bond donors (Lipinski definition) is 5. The van der Waals surface area contributed by atoms with Crippen molar-refractivity contribution < 1.29 is 28.7 Å². The number of hydroxylamine groups is 1. The number of unbranched alkanes of at least 4 members (excludes halogenated alkanes) is 1. The first-order valence-corrected chi connectivity index (χ1v) is 10.5. The van der Waals surface area contributed by atoms with Crippen LogP contribution in [0.15, 0.2) is 24.3 Å². The number of hydrogen-bond acceptors (Lipinski definition) is 8. The standard InChI is InChI=1S/C21H31N5O6/c1-3-4-9-31-21(29)25-17(20(28)30-2)12-24-18(27)11-15-10-16(26-32-15)13-5-7-14(8-6-13)19(22)23/h5-8,15-17,26H,3-4,9-12H2,1-2H3,(H3,22,23)(H,24,27)(H,25,29). The Balaban J connectivity index is 1.79. The van der Waals surface area contributed by atoms with Crippen LogP contribution in [0.4, 0.5) is 4.79 Å². The minimum absolute atomic E-state index is 0.00398. The summed E-state index contributed by atoms with van der Waals surface area (Å²) in [5, 5.41) is 12.5. The number of amides is 2. The van der Waals surface area contributed by atoms with Gasteiger partial charge in [-0.05, 0) is 18.4 Å². The van der Waals surface area contributed by atoms with Crippen LogP contribution in [0.1, 0.15) is 49.8 Å². The van der Waals surface area contributed by atoms with Gasteiger partial charge in [0.1, 0.15) is 11.9 Å². The van der Waals surface area contributed by atoms with Crippen molar-refractivity contribution >= 4 is 23.8 Å². The van der Waals surface area contributed by atoms with Crippen molar-refractivity contribution in [2.75, 3.05) is 20.3 Å². The molecule has 1 aliphatic rings. The lowest BCUT2D eigenvalue weighted by atomic mass is 9.99. The van der Waals surface area contributed by atoms with Gasteiger partial charge in [-0.25, -0.2) is 9.59 Å². The van der Waals surface area contributed by atoms with Crippen LogP contribution < -0.4 is 21.8 Å². The maximum Gasteiger partial charge on any atom is 0.407 e. The maximum atomic E-state index is 12.3. The number of ether oxygens (including phenoxy) is 2. The van der Waals surface area contributed by atoms with Crippen molar-refractivity contribution in [3.8, 4) is 0 Å². The topological polar surface area (TPSA) is 165 Å². The zero-order chi connectivity index (χ0) is 23.5. The molecule has 1 aliphatic heterocycles. The quantitative estimate of drug-likeness (QED) is 0.144. The first-order chi connectivity index (χ1) is 15.3. The molecular weight excluding hydrogens is 418 g/mol. The lowest BCUT2D eigenvalue weighted by Crippen LogP contribution is -2.49. The molecule has 2 amide bonds. The van der Waals surface area contributed by atoms with Crippen LogP contribution in [-0.2, 0) is 23.9 Å². The number of amidine groups is 1. The summed E-state index contributed by atoms with van der Waals surface area (Å²) in [5.74, 6) is -1.03. The van der Waals surface area contributed by atoms with Crippen LogP contribution in [0.5, 0.6) is 0 Å². The molecule has 3 unspecified atom stereocenters. The normalized spacial score (nSPS) is 18.4. The number of rotatable bonds is 11. The Bertz CT molecular complexity index is 800. The second-order valence-electron chi connectivity index (χ2n) is 7.40. The van der Waals surface area contributed by atoms with E-state index in [-0.39, 0.29) is 43.5 Å². The van der Waals surface area contributed by atoms with Crippen molar-refractivity contribution in [2.45, 2.75) is 50.8 Å². The number of nitrogens with one attached hydrogen (secondary N) is 4. The number of alkyl carbamates (subject to hydrolysis) is 1. The van der Waals surface area contributed by atoms with Gasteiger partial charge >= 0.3 is 12.1 Å². The van der Waals surface area contributed by atoms with Crippen LogP contribution in [-0.4, -0.2) is 56.2 Å². The molecule has 6 N–H and O–H groups in total. The highest BCUT2D eigenvalue weighted by atomic mass is 16.7. The fourth-order valence-corrected chi connectivity index (χ4v) is 3.09. The molecule has 11 heteroatoms. The maximum absolute atomic E-state index is 12.3. The fourth-order valence-electron chi connectivity index (χ4n) is 3.09. The van der Waals surface area contributed by atoms with Crippen LogP contribution in [0.2, 0.25) is 0 Å². The Hall–Kier alpha value is -3.18. The van der Waals surface area contributed by atoms with Crippen molar-refractivity contribution in [3.63, 3.8) is 0 Å². The smallest absolute Gasteiger partial charge is 0.407 e. The van der Waals surface area contributed by atoms with E-state index in [1.54, 1.807) is 12.1 Å². The molecular formula is C21H31N5O6. The van der Waals surface area contributed by atoms with E-state index >= 15 is 0 Å². The van der Waals surface area contributed by atoms with Crippen molar-refractivity contribution in [3.05, 3.63) is 35.4 Å². The van der Waals surface area contributed by atoms with E-state index in [4.69, 9.17) is 20.7 Å². The Kier molecular flexibility index (Phi) is 9.89. The highest BCUT2D eigenvalue weighted by Crippen LogP contribution is 2.27. The van der Waals surface area contributed by atoms with E-state index in [2.05, 4.69) is 20.9 Å². The summed E-state index contributed by atoms with van der Waals surface area (Å²) in [7, 11) is 1.20. The van der Waals surface area contributed by atoms with Crippen molar-refractivity contribution in [1.82, 2.24) is 16.1 Å². The van der Waals surface area contributed by atoms with Gasteiger partial charge in [-0.1, -0.05) is 37.6 Å². The third-order valence-electron chi connectivity index (χ3n) is 4.92. The van der Waals surface area contributed by atoms with Crippen LogP contribution >= 0.6 is 0 Å². The molecule has 0 bridgehead atoms. The molecule has 3 atom stereocenters. The Labute approximate surface area is 186 Å². The third kappa shape index (κ3) is 7.82. The number of methoxy groups -OCH3 is 1. The van der Waals surface area contributed by atoms with Crippen molar-refractivity contribution in [1.29, 1.82) is 5.41 Å². The largest absolute Gasteiger partial charge is 0.467 e. The summed E-state index contributed by atoms with van der Waals surface area (Å²) in [6.45, 7) is 2.07. The first kappa shape index (κ1) is 25.1. The van der Waals surface area contributed by atoms with E-state index in [1.807, 2.05) is 19.1 Å². The Morgan fingerprint density at radius 3 is 2.66 bits per heavy atom. The summed E-state index contributed by atoms with van der Waals surface area (Å²) in [5.41, 5.74) is 9.96. The Morgan fingerprint density at radius 2 is 2.03 bits per heavy atom. The van der Waals surface area contributed by atoms with E-state index < -0.39 is 18.1 Å². The van der Waals surface area contributed by atoms with E-state index in [0.29, 0.717) is 18.4 Å². The first-order valence-electron chi connectivity index (χ1n) is 10.5. The highest BCUT2D eigenvalue weighted by molar-refractivity contribution is 5.94. The van der Waals surface area contributed by atoms with Gasteiger partial charge in [0.05, 0.1) is 32.3 Å². The molecule has 32 heavy (non-hydrogen) atoms. The van der Waals surface area contributed by atoms with E-state index in [9.17, 15) is 14.4 Å². The zero-order valence-corrected chi connectivity index (χ0v) is 18.3. The molecule has 0 saturated carbocycles. The molecule has 0 radical (unpaired) electrons. The second kappa shape index (κ2) is 12.6. The molecule has 1 fully saturated rings. The molecule has 0 aromatic heterocycles. The minimum atomic E-state index is -1.06. The van der Waals surface area contributed by atoms with Crippen LogP contribution in [0.3, 0.4) is 0 Å². The average Bonchev–Trinajstić information content (AvgIpc) is 3.24. The summed E-state index contributed by atoms with van der Waals surface area (Å²) < 4.78 is 9.65. The SMILES string of the molecule is CCCCOC(=O)NC(CNC(=O)CC1CC(c2ccc(C(=N)N)cc2)NO1)C(=O)OC. The predicted molar refractivity (Wildman–Crippen MR) is 116 cm³/mol. The van der Waals surface area contributed by atoms with Crippen LogP contribution in [0.25, 0.3) is 0 Å². The number of carbonyl (C=O) groups excluding carboxylic acids is 3. The van der Waals surface area contributed by atoms with Gasteiger partial charge in [-0.15, -0.1) is 0 Å². The molecule has 0 aliphatic carbocycles. The van der Waals surface area contributed by atoms with E-state index in [1.165, 1.54) is 7.11 Å². The number of benzene rings is 1. The van der Waals surface area contributed by atoms with Crippen LogP contribution in [0, 0.1) is 5.41 Å². The summed E-state index contributed by atoms with van der Waals surface area (Å²) in [6, 6.07) is 6.06. The molecule has 1 heterocycles. The van der Waals surface area contributed by atoms with Gasteiger partial charge in [0, 0.05) is 12.1 Å². The van der Waals surface area contributed by atoms with Gasteiger partial charge in [0.15, 0.2) is 0 Å². The predicted octanol–water partition coefficient (Wildman–Crippen LogP) is 0.879. The lowest BCUT2D eigenvalue weighted by molar-refractivity contribution is -0.143. The minimum Gasteiger partial charge on any atom is -0.467 e. The fraction of sp³-hybridized carbons (Fsp3) is 0.524. The zero-order valence-electron chi connectivity index (χ0n) is 18.3. The summed E-state index contributed by atoms with van der Waals surface area (Å²) >= 11 is 0. The van der Waals surface area contributed by atoms with Crippen molar-refractivity contribution in [2.24, 2.45) is 5.73 Å². The molecule has 11 nitrogen and oxygen atoms in total. The molecule has 176 valence electrons. The molecule has 0 spiro atoms. The summed E-state index contributed by atoms with van der Waals surface area (Å²) in [4.78, 5) is 41.5. The number of carbonyl (C=O) groups is 3. The van der Waals surface area contributed by atoms with Gasteiger partial charge in [-0.3, -0.25) is 15.0 Å². The average molecular weight is 450 g/mol. The lowest BCUT2D eigenvalue weighted by Gasteiger charge is -2.17. The third-order valence-corrected chi connectivity index (χ3v) is 4.92. The molecule has 1 aromatic carbocycles. The molecule has 2 rings (SSSR count). The number of esters is 1. The number of nitrogen functional groups attached to an aromatic ring is 1. The monoisotopic (exact) mass is 449 g/mol.